The molecule has 2 aromatic carbocycles. The van der Waals surface area contributed by atoms with Crippen LogP contribution >= 0.6 is 11.3 Å². The van der Waals surface area contributed by atoms with Gasteiger partial charge >= 0.3 is 0 Å². The third-order valence-corrected chi connectivity index (χ3v) is 9.33. The molecule has 0 amide bonds. The summed E-state index contributed by atoms with van der Waals surface area (Å²) in [5.74, 6) is 0.670. The summed E-state index contributed by atoms with van der Waals surface area (Å²) in [7, 11) is 0. The average molecular weight is 600 g/mol. The highest BCUT2D eigenvalue weighted by Crippen LogP contribution is 2.36. The van der Waals surface area contributed by atoms with Gasteiger partial charge in [-0.05, 0) is 53.1 Å². The number of aliphatic hydroxyl groups is 1. The molecule has 10 heteroatoms. The number of aliphatic hydroxyl groups excluding tert-OH is 1. The first kappa shape index (κ1) is 26.9. The number of aromatic nitrogens is 5. The minimum Gasteiger partial charge on any atom is -0.395 e. The summed E-state index contributed by atoms with van der Waals surface area (Å²) in [6, 6.07) is 20.6. The zero-order valence-corrected chi connectivity index (χ0v) is 24.6. The number of fused-ring (bicyclic) bond motifs is 4. The van der Waals surface area contributed by atoms with Gasteiger partial charge in [-0.1, -0.05) is 24.3 Å². The van der Waals surface area contributed by atoms with Crippen LogP contribution in [0.25, 0.3) is 49.7 Å². The first-order chi connectivity index (χ1) is 21.7. The lowest BCUT2D eigenvalue weighted by molar-refractivity contribution is 0.0964. The fourth-order valence-corrected chi connectivity index (χ4v) is 7.18. The molecule has 44 heavy (non-hydrogen) atoms. The molecule has 3 N–H and O–H groups in total. The van der Waals surface area contributed by atoms with Crippen molar-refractivity contribution >= 4 is 50.0 Å². The third kappa shape index (κ3) is 4.51. The normalized spacial score (nSPS) is 13.2. The summed E-state index contributed by atoms with van der Waals surface area (Å²) in [5, 5.41) is 19.3. The zero-order chi connectivity index (χ0) is 29.6. The van der Waals surface area contributed by atoms with Crippen molar-refractivity contribution in [2.24, 2.45) is 0 Å². The number of hydrogen-bond acceptors (Lipinski definition) is 8. The van der Waals surface area contributed by atoms with Crippen LogP contribution in [0.1, 0.15) is 25.9 Å². The highest BCUT2D eigenvalue weighted by molar-refractivity contribution is 7.13. The van der Waals surface area contributed by atoms with Gasteiger partial charge in [-0.3, -0.25) is 18.9 Å². The summed E-state index contributed by atoms with van der Waals surface area (Å²) >= 11 is 1.49. The lowest BCUT2D eigenvalue weighted by Gasteiger charge is -2.11. The van der Waals surface area contributed by atoms with E-state index in [0.29, 0.717) is 18.1 Å². The Morgan fingerprint density at radius 3 is 2.66 bits per heavy atom. The van der Waals surface area contributed by atoms with E-state index in [4.69, 9.17) is 20.1 Å². The summed E-state index contributed by atoms with van der Waals surface area (Å²) in [4.78, 5) is 29.0. The van der Waals surface area contributed by atoms with E-state index in [9.17, 15) is 4.79 Å². The van der Waals surface area contributed by atoms with Crippen LogP contribution in [0.3, 0.4) is 0 Å². The van der Waals surface area contributed by atoms with E-state index in [-0.39, 0.29) is 12.5 Å². The second-order valence-corrected chi connectivity index (χ2v) is 12.0. The number of nitrogens with zero attached hydrogens (tertiary/aromatic N) is 5. The van der Waals surface area contributed by atoms with Gasteiger partial charge < -0.3 is 15.7 Å². The number of rotatable bonds is 7. The Kier molecular flexibility index (Phi) is 6.76. The molecule has 8 rings (SSSR count). The molecule has 6 heterocycles. The van der Waals surface area contributed by atoms with Gasteiger partial charge in [0.1, 0.15) is 5.52 Å². The van der Waals surface area contributed by atoms with E-state index >= 15 is 0 Å². The predicted molar refractivity (Wildman–Crippen MR) is 173 cm³/mol. The van der Waals surface area contributed by atoms with Crippen molar-refractivity contribution in [1.82, 2.24) is 34.7 Å². The molecule has 0 unspecified atom stereocenters. The van der Waals surface area contributed by atoms with Gasteiger partial charge in [0.2, 0.25) is 0 Å². The third-order valence-electron chi connectivity index (χ3n) is 8.24. The van der Waals surface area contributed by atoms with E-state index in [1.807, 2.05) is 49.1 Å². The molecular weight excluding hydrogens is 570 g/mol. The van der Waals surface area contributed by atoms with Crippen LogP contribution in [0.4, 0.5) is 0 Å². The zero-order valence-electron chi connectivity index (χ0n) is 23.8. The quantitative estimate of drug-likeness (QED) is 0.220. The van der Waals surface area contributed by atoms with Crippen LogP contribution < -0.4 is 10.6 Å². The van der Waals surface area contributed by atoms with Crippen molar-refractivity contribution in [3.05, 3.63) is 107 Å². The molecule has 0 saturated carbocycles. The van der Waals surface area contributed by atoms with Crippen molar-refractivity contribution in [2.45, 2.75) is 19.5 Å². The SMILES string of the molecule is O=C(c1nc2c(s1)CNCC2)n1ccc2c(-c3cccc4c3ccn4-c3nccc4cc(CNCCO)cnc34)cccc21. The molecular formula is C34H29N7O2S. The number of thiazole rings is 1. The topological polar surface area (TPSA) is 110 Å². The standard InChI is InChI=1S/C34H29N7O2S/c42-16-13-36-18-21-17-22-7-12-37-32(31(22)38-19-21)40-14-9-25-23(3-1-5-28(25)40)24-4-2-6-29-26(24)10-15-41(29)34(43)33-39-27-8-11-35-20-30(27)44-33/h1-7,9-10,12,14-15,17,19,35-36,42H,8,11,13,16,18,20H2. The van der Waals surface area contributed by atoms with Crippen molar-refractivity contribution < 1.29 is 9.90 Å². The Morgan fingerprint density at radius 2 is 1.82 bits per heavy atom. The Morgan fingerprint density at radius 1 is 1.00 bits per heavy atom. The maximum atomic E-state index is 13.6. The molecule has 5 aromatic heterocycles. The Bertz CT molecular complexity index is 2170. The molecule has 0 aliphatic carbocycles. The molecule has 0 spiro atoms. The van der Waals surface area contributed by atoms with Crippen molar-refractivity contribution in [3.8, 4) is 16.9 Å². The molecule has 9 nitrogen and oxygen atoms in total. The van der Waals surface area contributed by atoms with Crippen molar-refractivity contribution in [2.75, 3.05) is 19.7 Å². The van der Waals surface area contributed by atoms with Crippen LogP contribution in [0.2, 0.25) is 0 Å². The van der Waals surface area contributed by atoms with Crippen LogP contribution in [-0.4, -0.2) is 54.8 Å². The smallest absolute Gasteiger partial charge is 0.291 e. The van der Waals surface area contributed by atoms with Crippen LogP contribution in [0.5, 0.6) is 0 Å². The maximum absolute atomic E-state index is 13.6. The number of pyridine rings is 2. The van der Waals surface area contributed by atoms with Gasteiger partial charge in [0.15, 0.2) is 10.8 Å². The molecule has 0 fully saturated rings. The van der Waals surface area contributed by atoms with Crippen LogP contribution in [0, 0.1) is 0 Å². The number of hydrogen-bond donors (Lipinski definition) is 3. The highest BCUT2D eigenvalue weighted by Gasteiger charge is 2.22. The van der Waals surface area contributed by atoms with Gasteiger partial charge in [-0.15, -0.1) is 11.3 Å². The maximum Gasteiger partial charge on any atom is 0.291 e. The number of nitrogens with one attached hydrogen (secondary N) is 2. The molecule has 1 aliphatic rings. The van der Waals surface area contributed by atoms with E-state index in [1.165, 1.54) is 11.3 Å². The second-order valence-electron chi connectivity index (χ2n) is 10.9. The van der Waals surface area contributed by atoms with Crippen LogP contribution in [0.15, 0.2) is 85.5 Å². The van der Waals surface area contributed by atoms with E-state index in [0.717, 1.165) is 85.3 Å². The molecule has 0 saturated heterocycles. The van der Waals surface area contributed by atoms with Gasteiger partial charge in [-0.2, -0.15) is 0 Å². The fraction of sp³-hybridized carbons (Fsp3) is 0.176. The summed E-state index contributed by atoms with van der Waals surface area (Å²) in [5.41, 5.74) is 6.93. The molecule has 0 radical (unpaired) electrons. The van der Waals surface area contributed by atoms with Gasteiger partial charge in [0.25, 0.3) is 5.91 Å². The van der Waals surface area contributed by atoms with Crippen molar-refractivity contribution in [1.29, 1.82) is 0 Å². The lowest BCUT2D eigenvalue weighted by Crippen LogP contribution is -2.22. The predicted octanol–water partition coefficient (Wildman–Crippen LogP) is 5.07. The molecule has 7 aromatic rings. The van der Waals surface area contributed by atoms with Gasteiger partial charge in [0.05, 0.1) is 23.3 Å². The van der Waals surface area contributed by atoms with E-state index in [1.54, 1.807) is 4.57 Å². The average Bonchev–Trinajstić information content (AvgIpc) is 3.81. The van der Waals surface area contributed by atoms with Gasteiger partial charge in [0, 0.05) is 78.4 Å². The molecule has 1 aliphatic heterocycles. The highest BCUT2D eigenvalue weighted by atomic mass is 32.1. The Hall–Kier alpha value is -4.74. The first-order valence-corrected chi connectivity index (χ1v) is 15.5. The van der Waals surface area contributed by atoms with Gasteiger partial charge in [-0.25, -0.2) is 9.97 Å². The lowest BCUT2D eigenvalue weighted by atomic mass is 9.98. The minimum absolute atomic E-state index is 0.0947. The van der Waals surface area contributed by atoms with Crippen molar-refractivity contribution in [3.63, 3.8) is 0 Å². The van der Waals surface area contributed by atoms with E-state index < -0.39 is 0 Å². The van der Waals surface area contributed by atoms with E-state index in [2.05, 4.69) is 51.6 Å². The number of benzene rings is 2. The molecule has 218 valence electrons. The molecule has 0 bridgehead atoms. The van der Waals surface area contributed by atoms with Crippen LogP contribution in [-0.2, 0) is 19.5 Å². The second kappa shape index (κ2) is 11.1. The first-order valence-electron chi connectivity index (χ1n) is 14.7. The number of carbonyl (C=O) groups is 1. The summed E-state index contributed by atoms with van der Waals surface area (Å²) < 4.78 is 3.81. The Balaban J connectivity index is 1.18. The fourth-order valence-electron chi connectivity index (χ4n) is 6.16. The largest absolute Gasteiger partial charge is 0.395 e. The number of carbonyl (C=O) groups excluding carboxylic acids is 1. The molecule has 0 atom stereocenters. The Labute approximate surface area is 256 Å². The summed E-state index contributed by atoms with van der Waals surface area (Å²) in [6.45, 7) is 2.94. The monoisotopic (exact) mass is 599 g/mol. The summed E-state index contributed by atoms with van der Waals surface area (Å²) in [6.07, 6.45) is 8.44. The minimum atomic E-state index is -0.0947.